The Morgan fingerprint density at radius 3 is 3.00 bits per heavy atom. The molecule has 3 N–H and O–H groups in total. The topological polar surface area (TPSA) is 78.2 Å². The molecule has 0 atom stereocenters. The van der Waals surface area contributed by atoms with Crippen molar-refractivity contribution in [3.05, 3.63) is 41.6 Å². The summed E-state index contributed by atoms with van der Waals surface area (Å²) in [5.74, 6) is 1.68. The van der Waals surface area contributed by atoms with Crippen molar-refractivity contribution in [2.24, 2.45) is 4.99 Å². The van der Waals surface area contributed by atoms with Crippen LogP contribution >= 0.6 is 0 Å². The first kappa shape index (κ1) is 15.2. The highest BCUT2D eigenvalue weighted by Gasteiger charge is 2.01. The van der Waals surface area contributed by atoms with E-state index < -0.39 is 0 Å². The van der Waals surface area contributed by atoms with Gasteiger partial charge in [-0.2, -0.15) is 5.10 Å². The van der Waals surface area contributed by atoms with Crippen LogP contribution in [0, 0.1) is 6.92 Å². The van der Waals surface area contributed by atoms with Crippen LogP contribution in [-0.4, -0.2) is 29.2 Å². The van der Waals surface area contributed by atoms with Gasteiger partial charge in [-0.15, -0.1) is 0 Å². The van der Waals surface area contributed by atoms with E-state index in [9.17, 15) is 0 Å². The molecule has 114 valence electrons. The number of guanidine groups is 1. The number of nitrogens with one attached hydrogen (secondary N) is 3. The molecule has 0 spiro atoms. The van der Waals surface area contributed by atoms with Gasteiger partial charge in [0.2, 0.25) is 0 Å². The maximum Gasteiger partial charge on any atom is 0.191 e. The zero-order valence-electron chi connectivity index (χ0n) is 12.6. The molecule has 2 aromatic rings. The number of furan rings is 1. The van der Waals surface area contributed by atoms with Crippen molar-refractivity contribution < 1.29 is 4.42 Å². The van der Waals surface area contributed by atoms with Gasteiger partial charge in [0.05, 0.1) is 12.5 Å². The third kappa shape index (κ3) is 4.98. The van der Waals surface area contributed by atoms with Crippen molar-refractivity contribution in [1.82, 2.24) is 20.8 Å². The molecule has 0 bridgehead atoms. The molecule has 0 aliphatic heterocycles. The molecule has 2 aromatic heterocycles. The number of H-pyrrole nitrogens is 1. The molecule has 0 aliphatic rings. The Bertz CT molecular complexity index is 544. The van der Waals surface area contributed by atoms with Gasteiger partial charge in [0, 0.05) is 18.8 Å². The van der Waals surface area contributed by atoms with E-state index in [-0.39, 0.29) is 0 Å². The van der Waals surface area contributed by atoms with Crippen LogP contribution in [0.4, 0.5) is 0 Å². The Hall–Kier alpha value is -2.24. The van der Waals surface area contributed by atoms with E-state index in [4.69, 9.17) is 4.42 Å². The zero-order chi connectivity index (χ0) is 14.9. The predicted octanol–water partition coefficient (Wildman–Crippen LogP) is 2.00. The largest absolute Gasteiger partial charge is 0.467 e. The van der Waals surface area contributed by atoms with Crippen molar-refractivity contribution in [1.29, 1.82) is 0 Å². The average molecular weight is 289 g/mol. The fourth-order valence-electron chi connectivity index (χ4n) is 2.01. The summed E-state index contributed by atoms with van der Waals surface area (Å²) in [5.41, 5.74) is 2.42. The van der Waals surface area contributed by atoms with Gasteiger partial charge in [-0.3, -0.25) is 5.10 Å². The summed E-state index contributed by atoms with van der Waals surface area (Å²) in [6, 6.07) is 3.80. The minimum Gasteiger partial charge on any atom is -0.467 e. The van der Waals surface area contributed by atoms with Crippen LogP contribution in [0.5, 0.6) is 0 Å². The molecule has 0 fully saturated rings. The highest BCUT2D eigenvalue weighted by Crippen LogP contribution is 2.05. The van der Waals surface area contributed by atoms with Gasteiger partial charge in [0.15, 0.2) is 5.96 Å². The SMILES string of the molecule is CCNC(=NCc1ccco1)NCCCc1cn[nH]c1C. The summed E-state index contributed by atoms with van der Waals surface area (Å²) < 4.78 is 5.28. The standard InChI is InChI=1S/C15H23N5O/c1-3-16-15(18-11-14-7-5-9-21-14)17-8-4-6-13-10-19-20-12(13)2/h5,7,9-10H,3-4,6,8,11H2,1-2H3,(H,19,20)(H2,16,17,18). The molecule has 0 radical (unpaired) electrons. The summed E-state index contributed by atoms with van der Waals surface area (Å²) >= 11 is 0. The second-order valence-corrected chi connectivity index (χ2v) is 4.83. The summed E-state index contributed by atoms with van der Waals surface area (Å²) in [6.45, 7) is 6.35. The minimum absolute atomic E-state index is 0.545. The predicted molar refractivity (Wildman–Crippen MR) is 83.2 cm³/mol. The van der Waals surface area contributed by atoms with Crippen molar-refractivity contribution in [3.8, 4) is 0 Å². The van der Waals surface area contributed by atoms with Crippen molar-refractivity contribution in [2.75, 3.05) is 13.1 Å². The third-order valence-corrected chi connectivity index (χ3v) is 3.17. The van der Waals surface area contributed by atoms with Crippen LogP contribution in [0.25, 0.3) is 0 Å². The van der Waals surface area contributed by atoms with Crippen molar-refractivity contribution >= 4 is 5.96 Å². The minimum atomic E-state index is 0.545. The highest BCUT2D eigenvalue weighted by atomic mass is 16.3. The lowest BCUT2D eigenvalue weighted by Crippen LogP contribution is -2.37. The first-order valence-electron chi connectivity index (χ1n) is 7.33. The molecule has 0 amide bonds. The van der Waals surface area contributed by atoms with Gasteiger partial charge in [-0.25, -0.2) is 4.99 Å². The van der Waals surface area contributed by atoms with Crippen LogP contribution in [0.3, 0.4) is 0 Å². The Morgan fingerprint density at radius 2 is 2.33 bits per heavy atom. The monoisotopic (exact) mass is 289 g/mol. The molecule has 2 heterocycles. The van der Waals surface area contributed by atoms with E-state index in [0.29, 0.717) is 6.54 Å². The highest BCUT2D eigenvalue weighted by molar-refractivity contribution is 5.79. The number of aryl methyl sites for hydroxylation is 2. The first-order chi connectivity index (χ1) is 10.3. The molecule has 0 saturated heterocycles. The molecule has 0 aromatic carbocycles. The Balaban J connectivity index is 1.74. The number of hydrogen-bond acceptors (Lipinski definition) is 3. The number of nitrogens with zero attached hydrogens (tertiary/aromatic N) is 2. The van der Waals surface area contributed by atoms with Crippen LogP contribution < -0.4 is 10.6 Å². The lowest BCUT2D eigenvalue weighted by molar-refractivity contribution is 0.512. The van der Waals surface area contributed by atoms with Gasteiger partial charge in [-0.1, -0.05) is 0 Å². The van der Waals surface area contributed by atoms with E-state index in [1.54, 1.807) is 6.26 Å². The second kappa shape index (κ2) is 8.14. The summed E-state index contributed by atoms with van der Waals surface area (Å²) in [5, 5.41) is 13.5. The zero-order valence-corrected chi connectivity index (χ0v) is 12.6. The molecule has 0 aliphatic carbocycles. The van der Waals surface area contributed by atoms with E-state index in [2.05, 4.69) is 32.7 Å². The van der Waals surface area contributed by atoms with Gasteiger partial charge in [0.25, 0.3) is 0 Å². The first-order valence-corrected chi connectivity index (χ1v) is 7.33. The lowest BCUT2D eigenvalue weighted by Gasteiger charge is -2.10. The maximum atomic E-state index is 5.28. The van der Waals surface area contributed by atoms with Crippen molar-refractivity contribution in [2.45, 2.75) is 33.2 Å². The molecule has 2 rings (SSSR count). The second-order valence-electron chi connectivity index (χ2n) is 4.83. The molecule has 0 saturated carbocycles. The van der Waals surface area contributed by atoms with Crippen LogP contribution in [0.15, 0.2) is 34.0 Å². The van der Waals surface area contributed by atoms with Crippen LogP contribution in [-0.2, 0) is 13.0 Å². The van der Waals surface area contributed by atoms with Crippen molar-refractivity contribution in [3.63, 3.8) is 0 Å². The van der Waals surface area contributed by atoms with E-state index in [1.165, 1.54) is 5.56 Å². The molecule has 6 heteroatoms. The average Bonchev–Trinajstić information content (AvgIpc) is 3.13. The van der Waals surface area contributed by atoms with E-state index >= 15 is 0 Å². The summed E-state index contributed by atoms with van der Waals surface area (Å²) in [6.07, 6.45) is 5.60. The third-order valence-electron chi connectivity index (χ3n) is 3.17. The molecular weight excluding hydrogens is 266 g/mol. The normalized spacial score (nSPS) is 11.6. The van der Waals surface area contributed by atoms with Crippen LogP contribution in [0.2, 0.25) is 0 Å². The number of aromatic nitrogens is 2. The summed E-state index contributed by atoms with van der Waals surface area (Å²) in [4.78, 5) is 4.49. The van der Waals surface area contributed by atoms with Gasteiger partial charge < -0.3 is 15.1 Å². The maximum absolute atomic E-state index is 5.28. The fourth-order valence-corrected chi connectivity index (χ4v) is 2.01. The molecule has 0 unspecified atom stereocenters. The Kier molecular flexibility index (Phi) is 5.87. The number of hydrogen-bond donors (Lipinski definition) is 3. The number of aliphatic imine (C=N–C) groups is 1. The number of rotatable bonds is 7. The smallest absolute Gasteiger partial charge is 0.191 e. The molecular formula is C15H23N5O. The van der Waals surface area contributed by atoms with Gasteiger partial charge >= 0.3 is 0 Å². The van der Waals surface area contributed by atoms with Gasteiger partial charge in [0.1, 0.15) is 12.3 Å². The summed E-state index contributed by atoms with van der Waals surface area (Å²) in [7, 11) is 0. The fraction of sp³-hybridized carbons (Fsp3) is 0.467. The van der Waals surface area contributed by atoms with E-state index in [0.717, 1.165) is 43.3 Å². The van der Waals surface area contributed by atoms with Gasteiger partial charge in [-0.05, 0) is 44.4 Å². The Labute approximate surface area is 125 Å². The van der Waals surface area contributed by atoms with E-state index in [1.807, 2.05) is 25.3 Å². The molecule has 6 nitrogen and oxygen atoms in total. The number of aromatic amines is 1. The molecule has 21 heavy (non-hydrogen) atoms. The van der Waals surface area contributed by atoms with Crippen LogP contribution in [0.1, 0.15) is 30.4 Å². The Morgan fingerprint density at radius 1 is 1.43 bits per heavy atom. The quantitative estimate of drug-likeness (QED) is 0.414. The lowest BCUT2D eigenvalue weighted by atomic mass is 10.1.